The van der Waals surface area contributed by atoms with Crippen molar-refractivity contribution in [3.63, 3.8) is 0 Å². The Morgan fingerprint density at radius 2 is 1.69 bits per heavy atom. The van der Waals surface area contributed by atoms with Crippen molar-refractivity contribution in [1.82, 2.24) is 4.90 Å². The van der Waals surface area contributed by atoms with E-state index in [0.717, 1.165) is 29.8 Å². The van der Waals surface area contributed by atoms with Gasteiger partial charge in [-0.1, -0.05) is 18.2 Å². The van der Waals surface area contributed by atoms with Crippen LogP contribution in [0.2, 0.25) is 0 Å². The molecule has 10 heteroatoms. The van der Waals surface area contributed by atoms with Crippen molar-refractivity contribution in [3.05, 3.63) is 59.2 Å². The Kier molecular flexibility index (Phi) is 9.04. The maximum atomic E-state index is 12.7. The Bertz CT molecular complexity index is 1100. The number of carbonyl (C=O) groups excluding carboxylic acids is 1. The van der Waals surface area contributed by atoms with Crippen LogP contribution in [0.15, 0.2) is 42.5 Å². The second-order valence-corrected chi connectivity index (χ2v) is 11.3. The van der Waals surface area contributed by atoms with Crippen LogP contribution in [-0.2, 0) is 34.0 Å². The summed E-state index contributed by atoms with van der Waals surface area (Å²) >= 11 is 0. The summed E-state index contributed by atoms with van der Waals surface area (Å²) in [5.74, 6) is 0.996. The first-order valence-electron chi connectivity index (χ1n) is 11.4. The van der Waals surface area contributed by atoms with Gasteiger partial charge in [0, 0.05) is 32.7 Å². The summed E-state index contributed by atoms with van der Waals surface area (Å²) in [6, 6.07) is 14.8. The standard InChI is InChI=1S/C24H30N2O4S.CHF3.H2/c1-26(24(27)18-9-11-31(28,29)12-10-18)16-17-3-6-21(7-4-17)25-22-13-19-5-8-23(30-2)15-20(19)14-22;2-1(3)4;/h3-8,15,18,22,25H,9-14,16H2,1-2H3;1H;1H. The molecule has 1 heterocycles. The summed E-state index contributed by atoms with van der Waals surface area (Å²) in [4.78, 5) is 14.4. The van der Waals surface area contributed by atoms with Gasteiger partial charge in [0.05, 0.1) is 18.6 Å². The van der Waals surface area contributed by atoms with Crippen molar-refractivity contribution in [2.75, 3.05) is 31.0 Å². The number of halogens is 3. The molecule has 0 aromatic heterocycles. The van der Waals surface area contributed by atoms with Crippen LogP contribution >= 0.6 is 0 Å². The Morgan fingerprint density at radius 1 is 1.09 bits per heavy atom. The lowest BCUT2D eigenvalue weighted by Gasteiger charge is -2.26. The zero-order chi connectivity index (χ0) is 25.6. The number of benzene rings is 2. The van der Waals surface area contributed by atoms with Crippen LogP contribution in [0, 0.1) is 5.92 Å². The zero-order valence-corrected chi connectivity index (χ0v) is 20.7. The molecule has 35 heavy (non-hydrogen) atoms. The number of hydrogen-bond acceptors (Lipinski definition) is 5. The first kappa shape index (κ1) is 26.8. The third kappa shape index (κ3) is 7.88. The van der Waals surface area contributed by atoms with E-state index in [1.807, 2.05) is 18.2 Å². The molecule has 1 amide bonds. The fraction of sp³-hybridized carbons (Fsp3) is 0.480. The molecule has 6 nitrogen and oxygen atoms in total. The van der Waals surface area contributed by atoms with Gasteiger partial charge < -0.3 is 15.0 Å². The van der Waals surface area contributed by atoms with Crippen LogP contribution in [0.4, 0.5) is 18.9 Å². The molecule has 0 radical (unpaired) electrons. The maximum absolute atomic E-state index is 12.7. The fourth-order valence-electron chi connectivity index (χ4n) is 4.57. The molecule has 0 spiro atoms. The van der Waals surface area contributed by atoms with Gasteiger partial charge >= 0.3 is 6.68 Å². The molecule has 194 valence electrons. The lowest BCUT2D eigenvalue weighted by Crippen LogP contribution is -2.37. The lowest BCUT2D eigenvalue weighted by atomic mass is 10.0. The molecule has 1 fully saturated rings. The van der Waals surface area contributed by atoms with E-state index in [4.69, 9.17) is 4.74 Å². The molecule has 1 unspecified atom stereocenters. The number of sulfone groups is 1. The van der Waals surface area contributed by atoms with Gasteiger partial charge in [-0.05, 0) is 66.6 Å². The van der Waals surface area contributed by atoms with Crippen LogP contribution in [-0.4, -0.2) is 57.6 Å². The van der Waals surface area contributed by atoms with E-state index in [1.54, 1.807) is 19.1 Å². The van der Waals surface area contributed by atoms with E-state index in [-0.39, 0.29) is 24.8 Å². The minimum Gasteiger partial charge on any atom is -0.497 e. The minimum absolute atomic E-state index is 0. The van der Waals surface area contributed by atoms with Crippen LogP contribution in [0.1, 0.15) is 31.0 Å². The summed E-state index contributed by atoms with van der Waals surface area (Å²) in [5.41, 5.74) is 4.83. The van der Waals surface area contributed by atoms with Gasteiger partial charge in [-0.15, -0.1) is 0 Å². The number of anilines is 1. The van der Waals surface area contributed by atoms with Gasteiger partial charge in [-0.3, -0.25) is 4.79 Å². The number of carbonyl (C=O) groups is 1. The Labute approximate surface area is 205 Å². The fourth-order valence-corrected chi connectivity index (χ4v) is 6.06. The van der Waals surface area contributed by atoms with Crippen molar-refractivity contribution >= 4 is 21.4 Å². The maximum Gasteiger partial charge on any atom is 0.379 e. The van der Waals surface area contributed by atoms with Crippen LogP contribution in [0.3, 0.4) is 0 Å². The minimum atomic E-state index is -3.67. The third-order valence-electron chi connectivity index (χ3n) is 6.37. The SMILES string of the molecule is COc1ccc2c(c1)CC(Nc1ccc(CN(C)C(=O)C3CCS(=O)(=O)CC3)cc1)C2.FC(F)F.[HH]. The van der Waals surface area contributed by atoms with Gasteiger partial charge in [0.2, 0.25) is 5.91 Å². The molecule has 1 aliphatic heterocycles. The van der Waals surface area contributed by atoms with Crippen molar-refractivity contribution < 1.29 is 32.5 Å². The van der Waals surface area contributed by atoms with Crippen molar-refractivity contribution in [1.29, 1.82) is 0 Å². The molecule has 2 aromatic rings. The monoisotopic (exact) mass is 514 g/mol. The van der Waals surface area contributed by atoms with Gasteiger partial charge in [0.15, 0.2) is 0 Å². The normalized spacial score (nSPS) is 18.9. The predicted molar refractivity (Wildman–Crippen MR) is 131 cm³/mol. The van der Waals surface area contributed by atoms with Crippen LogP contribution < -0.4 is 10.1 Å². The van der Waals surface area contributed by atoms with Gasteiger partial charge in [0.25, 0.3) is 0 Å². The number of rotatable bonds is 6. The van der Waals surface area contributed by atoms with Crippen molar-refractivity contribution in [2.24, 2.45) is 5.92 Å². The van der Waals surface area contributed by atoms with E-state index in [2.05, 4.69) is 29.6 Å². The molecule has 0 bridgehead atoms. The number of nitrogens with one attached hydrogen (secondary N) is 1. The quantitative estimate of drug-likeness (QED) is 0.615. The van der Waals surface area contributed by atoms with E-state index in [0.29, 0.717) is 25.4 Å². The Hall–Kier alpha value is -2.75. The second-order valence-electron chi connectivity index (χ2n) is 8.95. The molecule has 2 aliphatic rings. The topological polar surface area (TPSA) is 75.7 Å². The highest BCUT2D eigenvalue weighted by Crippen LogP contribution is 2.28. The lowest BCUT2D eigenvalue weighted by molar-refractivity contribution is -0.135. The number of fused-ring (bicyclic) bond motifs is 1. The van der Waals surface area contributed by atoms with E-state index < -0.39 is 16.5 Å². The number of amides is 1. The van der Waals surface area contributed by atoms with E-state index in [9.17, 15) is 26.4 Å². The number of nitrogens with zero attached hydrogens (tertiary/aromatic N) is 1. The summed E-state index contributed by atoms with van der Waals surface area (Å²) in [5, 5.41) is 3.61. The molecule has 0 saturated carbocycles. The summed E-state index contributed by atoms with van der Waals surface area (Å²) in [7, 11) is 0.533. The second kappa shape index (κ2) is 11.8. The Morgan fingerprint density at radius 3 is 2.29 bits per heavy atom. The molecule has 1 N–H and O–H groups in total. The van der Waals surface area contributed by atoms with Crippen LogP contribution in [0.25, 0.3) is 0 Å². The van der Waals surface area contributed by atoms with Gasteiger partial charge in [-0.25, -0.2) is 8.42 Å². The highest BCUT2D eigenvalue weighted by Gasteiger charge is 2.30. The Balaban J connectivity index is 0.000000850. The number of alkyl halides is 3. The molecule has 2 aromatic carbocycles. The zero-order valence-electron chi connectivity index (χ0n) is 19.8. The van der Waals surface area contributed by atoms with Crippen molar-refractivity contribution in [3.8, 4) is 5.75 Å². The largest absolute Gasteiger partial charge is 0.497 e. The van der Waals surface area contributed by atoms with E-state index >= 15 is 0 Å². The number of methoxy groups -OCH3 is 1. The number of hydrogen-bond donors (Lipinski definition) is 1. The average Bonchev–Trinajstić information content (AvgIpc) is 3.21. The summed E-state index contributed by atoms with van der Waals surface area (Å²) in [6.07, 6.45) is 2.84. The molecule has 4 rings (SSSR count). The third-order valence-corrected chi connectivity index (χ3v) is 8.09. The smallest absolute Gasteiger partial charge is 0.379 e. The van der Waals surface area contributed by atoms with E-state index in [1.165, 1.54) is 11.1 Å². The summed E-state index contributed by atoms with van der Waals surface area (Å²) < 4.78 is 57.5. The highest BCUT2D eigenvalue weighted by molar-refractivity contribution is 7.91. The molecule has 1 aliphatic carbocycles. The van der Waals surface area contributed by atoms with Gasteiger partial charge in [-0.2, -0.15) is 13.2 Å². The summed E-state index contributed by atoms with van der Waals surface area (Å²) in [6.45, 7) is -3.14. The molecular weight excluding hydrogens is 481 g/mol. The highest BCUT2D eigenvalue weighted by atomic mass is 32.2. The van der Waals surface area contributed by atoms with Gasteiger partial charge in [0.1, 0.15) is 15.6 Å². The number of ether oxygens (including phenoxy) is 1. The molecule has 1 atom stereocenters. The van der Waals surface area contributed by atoms with Crippen molar-refractivity contribution in [2.45, 2.75) is 44.9 Å². The van der Waals surface area contributed by atoms with Crippen LogP contribution in [0.5, 0.6) is 5.75 Å². The molecule has 1 saturated heterocycles. The average molecular weight is 515 g/mol. The molecular formula is C25H33F3N2O4S. The first-order valence-corrected chi connectivity index (χ1v) is 13.3. The first-order chi connectivity index (χ1) is 16.6. The predicted octanol–water partition coefficient (Wildman–Crippen LogP) is 4.48.